The fourth-order valence-electron chi connectivity index (χ4n) is 2.14. The summed E-state index contributed by atoms with van der Waals surface area (Å²) >= 11 is 0. The molecule has 0 aliphatic rings. The van der Waals surface area contributed by atoms with Gasteiger partial charge in [-0.2, -0.15) is 5.10 Å². The number of amides is 1. The van der Waals surface area contributed by atoms with Crippen LogP contribution in [0.4, 0.5) is 0 Å². The molecule has 0 bridgehead atoms. The van der Waals surface area contributed by atoms with Gasteiger partial charge in [0.15, 0.2) is 0 Å². The molecule has 0 heterocycles. The van der Waals surface area contributed by atoms with Gasteiger partial charge in [-0.15, -0.1) is 0 Å². The Hall–Kier alpha value is -2.62. The maximum atomic E-state index is 11.9. The Morgan fingerprint density at radius 2 is 1.95 bits per heavy atom. The molecule has 0 aromatic heterocycles. The molecule has 4 nitrogen and oxygen atoms in total. The summed E-state index contributed by atoms with van der Waals surface area (Å²) in [6, 6.07) is 15.2. The van der Waals surface area contributed by atoms with E-state index in [-0.39, 0.29) is 11.3 Å². The number of phenols is 1. The predicted octanol–water partition coefficient (Wildman–Crippen LogP) is 3.61. The van der Waals surface area contributed by atoms with E-state index in [1.54, 1.807) is 31.3 Å². The first-order valence-corrected chi connectivity index (χ1v) is 7.25. The molecule has 0 aliphatic heterocycles. The lowest BCUT2D eigenvalue weighted by Crippen LogP contribution is -2.18. The van der Waals surface area contributed by atoms with Gasteiger partial charge in [-0.3, -0.25) is 4.79 Å². The number of nitrogens with zero attached hydrogens (tertiary/aromatic N) is 1. The van der Waals surface area contributed by atoms with Crippen LogP contribution in [0, 0.1) is 6.92 Å². The van der Waals surface area contributed by atoms with Crippen LogP contribution in [-0.4, -0.2) is 17.2 Å². The Morgan fingerprint density at radius 1 is 1.23 bits per heavy atom. The summed E-state index contributed by atoms with van der Waals surface area (Å²) in [5.41, 5.74) is 4.57. The number of benzene rings is 2. The van der Waals surface area contributed by atoms with Gasteiger partial charge in [0.05, 0.1) is 5.56 Å². The number of aryl methyl sites for hydroxylation is 1. The molecule has 2 aromatic rings. The Morgan fingerprint density at radius 3 is 2.68 bits per heavy atom. The smallest absolute Gasteiger partial charge is 0.275 e. The minimum Gasteiger partial charge on any atom is -0.507 e. The average Bonchev–Trinajstić information content (AvgIpc) is 2.54. The highest BCUT2D eigenvalue weighted by Gasteiger charge is 2.11. The van der Waals surface area contributed by atoms with Crippen LogP contribution in [0.15, 0.2) is 53.6 Å². The molecule has 0 saturated heterocycles. The van der Waals surface area contributed by atoms with Gasteiger partial charge < -0.3 is 5.11 Å². The first-order valence-electron chi connectivity index (χ1n) is 7.25. The van der Waals surface area contributed by atoms with Crippen LogP contribution in [0.25, 0.3) is 0 Å². The first kappa shape index (κ1) is 15.8. The standard InChI is InChI=1S/C18H20N2O2/c1-13(15-8-4-3-5-9-15)11-12-19-20-18(22)16-10-6-7-14(2)17(16)21/h3-10,12-13,21H,11H2,1-2H3,(H,20,22)/b19-12+. The number of rotatable bonds is 5. The highest BCUT2D eigenvalue weighted by molar-refractivity contribution is 5.97. The second-order valence-corrected chi connectivity index (χ2v) is 5.27. The summed E-state index contributed by atoms with van der Waals surface area (Å²) in [5.74, 6) is -0.0908. The van der Waals surface area contributed by atoms with E-state index in [9.17, 15) is 9.90 Å². The normalized spacial score (nSPS) is 12.3. The number of para-hydroxylation sites is 1. The maximum Gasteiger partial charge on any atom is 0.275 e. The molecular formula is C18H20N2O2. The van der Waals surface area contributed by atoms with Gasteiger partial charge in [-0.25, -0.2) is 5.43 Å². The lowest BCUT2D eigenvalue weighted by Gasteiger charge is -2.08. The van der Waals surface area contributed by atoms with E-state index in [0.29, 0.717) is 11.5 Å². The quantitative estimate of drug-likeness (QED) is 0.654. The number of hydrogen-bond donors (Lipinski definition) is 2. The Kier molecular flexibility index (Phi) is 5.31. The molecule has 4 heteroatoms. The number of hydrogen-bond acceptors (Lipinski definition) is 3. The molecule has 114 valence electrons. The van der Waals surface area contributed by atoms with Gasteiger partial charge in [-0.1, -0.05) is 49.4 Å². The molecule has 0 spiro atoms. The molecule has 2 aromatic carbocycles. The number of carbonyl (C=O) groups is 1. The van der Waals surface area contributed by atoms with E-state index in [4.69, 9.17) is 0 Å². The van der Waals surface area contributed by atoms with Crippen LogP contribution < -0.4 is 5.43 Å². The maximum absolute atomic E-state index is 11.9. The number of hydrazone groups is 1. The summed E-state index contributed by atoms with van der Waals surface area (Å²) < 4.78 is 0. The van der Waals surface area contributed by atoms with Crippen molar-refractivity contribution >= 4 is 12.1 Å². The van der Waals surface area contributed by atoms with Crippen molar-refractivity contribution < 1.29 is 9.90 Å². The van der Waals surface area contributed by atoms with Crippen molar-refractivity contribution in [1.82, 2.24) is 5.43 Å². The van der Waals surface area contributed by atoms with E-state index in [0.717, 1.165) is 6.42 Å². The number of carbonyl (C=O) groups excluding carboxylic acids is 1. The lowest BCUT2D eigenvalue weighted by molar-refractivity contribution is 0.0952. The fourth-order valence-corrected chi connectivity index (χ4v) is 2.14. The highest BCUT2D eigenvalue weighted by Crippen LogP contribution is 2.21. The largest absolute Gasteiger partial charge is 0.507 e. The fraction of sp³-hybridized carbons (Fsp3) is 0.222. The summed E-state index contributed by atoms with van der Waals surface area (Å²) in [7, 11) is 0. The predicted molar refractivity (Wildman–Crippen MR) is 88.3 cm³/mol. The minimum absolute atomic E-state index is 0.00662. The first-order chi connectivity index (χ1) is 10.6. The van der Waals surface area contributed by atoms with Gasteiger partial charge in [0.1, 0.15) is 5.75 Å². The van der Waals surface area contributed by atoms with Crippen molar-refractivity contribution in [3.63, 3.8) is 0 Å². The Bertz CT molecular complexity index is 666. The van der Waals surface area contributed by atoms with Gasteiger partial charge in [0.25, 0.3) is 5.91 Å². The van der Waals surface area contributed by atoms with E-state index < -0.39 is 5.91 Å². The van der Waals surface area contributed by atoms with Crippen LogP contribution in [0.1, 0.15) is 40.7 Å². The molecule has 1 unspecified atom stereocenters. The number of aromatic hydroxyl groups is 1. The lowest BCUT2D eigenvalue weighted by atomic mass is 9.99. The zero-order valence-electron chi connectivity index (χ0n) is 12.8. The van der Waals surface area contributed by atoms with Crippen LogP contribution >= 0.6 is 0 Å². The number of nitrogens with one attached hydrogen (secondary N) is 1. The molecule has 2 N–H and O–H groups in total. The third kappa shape index (κ3) is 3.95. The van der Waals surface area contributed by atoms with Crippen molar-refractivity contribution in [3.8, 4) is 5.75 Å². The SMILES string of the molecule is Cc1cccc(C(=O)N/N=C/CC(C)c2ccccc2)c1O. The van der Waals surface area contributed by atoms with Crippen LogP contribution in [0.3, 0.4) is 0 Å². The zero-order valence-corrected chi connectivity index (χ0v) is 12.8. The second kappa shape index (κ2) is 7.41. The molecule has 1 amide bonds. The van der Waals surface area contributed by atoms with Crippen LogP contribution in [-0.2, 0) is 0 Å². The van der Waals surface area contributed by atoms with E-state index in [2.05, 4.69) is 29.6 Å². The van der Waals surface area contributed by atoms with Gasteiger partial charge >= 0.3 is 0 Å². The molecule has 0 fully saturated rings. The van der Waals surface area contributed by atoms with Crippen molar-refractivity contribution in [2.45, 2.75) is 26.2 Å². The topological polar surface area (TPSA) is 61.7 Å². The third-order valence-electron chi connectivity index (χ3n) is 3.57. The Labute approximate surface area is 130 Å². The molecule has 2 rings (SSSR count). The van der Waals surface area contributed by atoms with E-state index in [1.807, 2.05) is 18.2 Å². The average molecular weight is 296 g/mol. The summed E-state index contributed by atoms with van der Waals surface area (Å²) in [5, 5.41) is 13.8. The van der Waals surface area contributed by atoms with Crippen LogP contribution in [0.5, 0.6) is 5.75 Å². The second-order valence-electron chi connectivity index (χ2n) is 5.27. The van der Waals surface area contributed by atoms with E-state index >= 15 is 0 Å². The highest BCUT2D eigenvalue weighted by atomic mass is 16.3. The number of phenolic OH excluding ortho intramolecular Hbond substituents is 1. The summed E-state index contributed by atoms with van der Waals surface area (Å²) in [4.78, 5) is 11.9. The van der Waals surface area contributed by atoms with Crippen molar-refractivity contribution in [1.29, 1.82) is 0 Å². The molecule has 1 atom stereocenters. The van der Waals surface area contributed by atoms with Crippen molar-refractivity contribution in [2.24, 2.45) is 5.10 Å². The Balaban J connectivity index is 1.90. The van der Waals surface area contributed by atoms with Gasteiger partial charge in [0, 0.05) is 6.21 Å². The summed E-state index contributed by atoms with van der Waals surface area (Å²) in [6.45, 7) is 3.85. The molecular weight excluding hydrogens is 276 g/mol. The third-order valence-corrected chi connectivity index (χ3v) is 3.57. The van der Waals surface area contributed by atoms with Crippen molar-refractivity contribution in [3.05, 3.63) is 65.2 Å². The van der Waals surface area contributed by atoms with E-state index in [1.165, 1.54) is 5.56 Å². The monoisotopic (exact) mass is 296 g/mol. The van der Waals surface area contributed by atoms with Crippen molar-refractivity contribution in [2.75, 3.05) is 0 Å². The minimum atomic E-state index is -0.412. The molecule has 0 saturated carbocycles. The molecule has 22 heavy (non-hydrogen) atoms. The molecule has 0 aliphatic carbocycles. The molecule has 0 radical (unpaired) electrons. The van der Waals surface area contributed by atoms with Gasteiger partial charge in [-0.05, 0) is 36.5 Å². The van der Waals surface area contributed by atoms with Gasteiger partial charge in [0.2, 0.25) is 0 Å². The van der Waals surface area contributed by atoms with Crippen LogP contribution in [0.2, 0.25) is 0 Å². The summed E-state index contributed by atoms with van der Waals surface area (Å²) in [6.07, 6.45) is 2.41. The zero-order chi connectivity index (χ0) is 15.9.